The molecule has 0 heterocycles. The van der Waals surface area contributed by atoms with Gasteiger partial charge in [0, 0.05) is 31.7 Å². The fraction of sp³-hybridized carbons (Fsp3) is 0.444. The lowest BCUT2D eigenvalue weighted by molar-refractivity contribution is -0.133. The molecule has 0 bridgehead atoms. The first-order valence-electron chi connectivity index (χ1n) is 7.72. The number of ether oxygens (including phenoxy) is 2. The molecule has 0 aromatic carbocycles. The van der Waals surface area contributed by atoms with E-state index in [2.05, 4.69) is 56.7 Å². The van der Waals surface area contributed by atoms with Crippen molar-refractivity contribution in [3.8, 4) is 0 Å². The molecule has 0 spiro atoms. The van der Waals surface area contributed by atoms with Crippen molar-refractivity contribution in [3.63, 3.8) is 0 Å². The van der Waals surface area contributed by atoms with Crippen molar-refractivity contribution >= 4 is 0 Å². The molecule has 0 saturated heterocycles. The predicted molar refractivity (Wildman–Crippen MR) is 84.3 cm³/mol. The van der Waals surface area contributed by atoms with Crippen LogP contribution in [0.4, 0.5) is 0 Å². The first-order valence-corrected chi connectivity index (χ1v) is 7.72. The molecular weight excluding hydrogens is 262 g/mol. The van der Waals surface area contributed by atoms with Crippen molar-refractivity contribution in [2.75, 3.05) is 19.8 Å². The van der Waals surface area contributed by atoms with E-state index < -0.39 is 0 Å². The van der Waals surface area contributed by atoms with Crippen LogP contribution >= 0.6 is 0 Å². The molecule has 0 aliphatic heterocycles. The molecular formula is C18H25NO2. The first kappa shape index (κ1) is 17.2. The molecule has 1 unspecified atom stereocenters. The molecule has 0 amide bonds. The molecule has 3 heteroatoms. The fourth-order valence-electron chi connectivity index (χ4n) is 2.49. The van der Waals surface area contributed by atoms with Gasteiger partial charge >= 0.3 is 0 Å². The summed E-state index contributed by atoms with van der Waals surface area (Å²) in [7, 11) is 0. The Bertz CT molecular complexity index is 254. The summed E-state index contributed by atoms with van der Waals surface area (Å²) in [6.07, 6.45) is 17.8. The molecule has 2 aliphatic rings. The van der Waals surface area contributed by atoms with Gasteiger partial charge in [0.25, 0.3) is 0 Å². The van der Waals surface area contributed by atoms with Crippen LogP contribution in [-0.4, -0.2) is 32.1 Å². The van der Waals surface area contributed by atoms with Crippen molar-refractivity contribution < 1.29 is 9.47 Å². The molecule has 0 aromatic rings. The number of nitrogens with one attached hydrogen (secondary N) is 1. The summed E-state index contributed by atoms with van der Waals surface area (Å²) in [6.45, 7) is 6.00. The minimum atomic E-state index is -0.183. The van der Waals surface area contributed by atoms with E-state index in [1.807, 2.05) is 13.8 Å². The summed E-state index contributed by atoms with van der Waals surface area (Å²) >= 11 is 0. The van der Waals surface area contributed by atoms with Crippen molar-refractivity contribution in [3.05, 3.63) is 63.2 Å². The minimum absolute atomic E-state index is 0.183. The highest BCUT2D eigenvalue weighted by Crippen LogP contribution is 2.34. The third-order valence-electron chi connectivity index (χ3n) is 3.50. The van der Waals surface area contributed by atoms with Crippen molar-refractivity contribution in [2.24, 2.45) is 0 Å². The van der Waals surface area contributed by atoms with Crippen LogP contribution in [-0.2, 0) is 9.47 Å². The molecule has 2 fully saturated rings. The Morgan fingerprint density at radius 1 is 0.905 bits per heavy atom. The molecule has 3 nitrogen and oxygen atoms in total. The molecule has 2 aliphatic carbocycles. The summed E-state index contributed by atoms with van der Waals surface area (Å²) < 4.78 is 11.2. The summed E-state index contributed by atoms with van der Waals surface area (Å²) in [6, 6.07) is 0.283. The van der Waals surface area contributed by atoms with E-state index in [1.54, 1.807) is 0 Å². The highest BCUT2D eigenvalue weighted by molar-refractivity contribution is 5.42. The Morgan fingerprint density at radius 2 is 1.48 bits per heavy atom. The van der Waals surface area contributed by atoms with E-state index in [1.165, 1.54) is 11.8 Å². The number of hydrogen-bond donors (Lipinski definition) is 1. The quantitative estimate of drug-likeness (QED) is 0.626. The van der Waals surface area contributed by atoms with Gasteiger partial charge in [-0.05, 0) is 77.6 Å². The van der Waals surface area contributed by atoms with Crippen LogP contribution in [0.2, 0.25) is 0 Å². The lowest BCUT2D eigenvalue weighted by atomic mass is 9.88. The topological polar surface area (TPSA) is 30.5 Å². The van der Waals surface area contributed by atoms with Crippen LogP contribution in [0.3, 0.4) is 0 Å². The van der Waals surface area contributed by atoms with Crippen LogP contribution in [0.1, 0.15) is 20.3 Å². The van der Waals surface area contributed by atoms with Crippen LogP contribution in [0.5, 0.6) is 0 Å². The molecule has 114 valence electrons. The highest BCUT2D eigenvalue weighted by Gasteiger charge is 2.30. The van der Waals surface area contributed by atoms with Gasteiger partial charge in [0.1, 0.15) is 0 Å². The molecule has 21 heavy (non-hydrogen) atoms. The van der Waals surface area contributed by atoms with Crippen LogP contribution in [0.25, 0.3) is 0 Å². The lowest BCUT2D eigenvalue weighted by Gasteiger charge is -2.28. The largest absolute Gasteiger partial charge is 0.352 e. The summed E-state index contributed by atoms with van der Waals surface area (Å²) in [4.78, 5) is 0. The van der Waals surface area contributed by atoms with Gasteiger partial charge in [-0.25, -0.2) is 0 Å². The molecule has 2 rings (SSSR count). The maximum absolute atomic E-state index is 5.60. The molecule has 10 radical (unpaired) electrons. The maximum atomic E-state index is 5.60. The van der Waals surface area contributed by atoms with E-state index in [4.69, 9.17) is 9.47 Å². The van der Waals surface area contributed by atoms with Gasteiger partial charge in [0.2, 0.25) is 0 Å². The molecule has 1 N–H and O–H groups in total. The molecule has 2 saturated carbocycles. The van der Waals surface area contributed by atoms with Crippen molar-refractivity contribution in [2.45, 2.75) is 32.6 Å². The highest BCUT2D eigenvalue weighted by atomic mass is 16.7. The summed E-state index contributed by atoms with van der Waals surface area (Å²) in [5, 5.41) is 3.58. The Labute approximate surface area is 131 Å². The smallest absolute Gasteiger partial charge is 0.169 e. The average Bonchev–Trinajstić information content (AvgIpc) is 3.16. The van der Waals surface area contributed by atoms with Gasteiger partial charge < -0.3 is 14.8 Å². The second kappa shape index (κ2) is 9.81. The van der Waals surface area contributed by atoms with Crippen molar-refractivity contribution in [1.82, 2.24) is 5.32 Å². The van der Waals surface area contributed by atoms with Crippen LogP contribution in [0, 0.1) is 63.2 Å². The standard InChI is InChI=1S/C18H25NO2/c1-3-20-18(21-4-2)14-19-17(16-11-7-8-12-16)13-15-9-5-6-10-15/h5-12,17-19H,3-4,13-14H2,1-2H3. The zero-order chi connectivity index (χ0) is 14.9. The van der Waals surface area contributed by atoms with Crippen LogP contribution in [0.15, 0.2) is 0 Å². The fourth-order valence-corrected chi connectivity index (χ4v) is 2.49. The van der Waals surface area contributed by atoms with Gasteiger partial charge in [0.05, 0.1) is 0 Å². The predicted octanol–water partition coefficient (Wildman–Crippen LogP) is 2.54. The van der Waals surface area contributed by atoms with E-state index in [9.17, 15) is 0 Å². The van der Waals surface area contributed by atoms with Gasteiger partial charge in [-0.1, -0.05) is 0 Å². The second-order valence-electron chi connectivity index (χ2n) is 5.02. The van der Waals surface area contributed by atoms with E-state index >= 15 is 0 Å². The maximum Gasteiger partial charge on any atom is 0.169 e. The van der Waals surface area contributed by atoms with Crippen LogP contribution < -0.4 is 5.32 Å². The van der Waals surface area contributed by atoms with E-state index in [0.29, 0.717) is 19.8 Å². The van der Waals surface area contributed by atoms with Gasteiger partial charge in [-0.2, -0.15) is 0 Å². The lowest BCUT2D eigenvalue weighted by Crippen LogP contribution is -2.41. The van der Waals surface area contributed by atoms with Crippen molar-refractivity contribution in [1.29, 1.82) is 0 Å². The molecule has 1 atom stereocenters. The first-order chi connectivity index (χ1) is 10.3. The zero-order valence-electron chi connectivity index (χ0n) is 12.9. The Balaban J connectivity index is 1.81. The second-order valence-corrected chi connectivity index (χ2v) is 5.02. The monoisotopic (exact) mass is 287 g/mol. The summed E-state index contributed by atoms with van der Waals surface area (Å²) in [5.74, 6) is 2.65. The average molecular weight is 287 g/mol. The van der Waals surface area contributed by atoms with Gasteiger partial charge in [0.15, 0.2) is 6.29 Å². The third kappa shape index (κ3) is 5.88. The SMILES string of the molecule is CCOC(CNC(C[C]1[CH][CH][CH][CH]1)[C]1[CH][CH][CH][CH]1)OCC. The van der Waals surface area contributed by atoms with Gasteiger partial charge in [-0.3, -0.25) is 0 Å². The molecule has 0 aromatic heterocycles. The number of rotatable bonds is 10. The Kier molecular flexibility index (Phi) is 8.05. The third-order valence-corrected chi connectivity index (χ3v) is 3.50. The summed E-state index contributed by atoms with van der Waals surface area (Å²) in [5.41, 5.74) is 0. The number of hydrogen-bond acceptors (Lipinski definition) is 3. The zero-order valence-corrected chi connectivity index (χ0v) is 12.9. The van der Waals surface area contributed by atoms with E-state index in [-0.39, 0.29) is 12.3 Å². The normalized spacial score (nSPS) is 22.4. The van der Waals surface area contributed by atoms with E-state index in [0.717, 1.165) is 6.42 Å². The Morgan fingerprint density at radius 3 is 2.05 bits per heavy atom. The Hall–Kier alpha value is -0.120. The minimum Gasteiger partial charge on any atom is -0.352 e. The van der Waals surface area contributed by atoms with Gasteiger partial charge in [-0.15, -0.1) is 0 Å².